The first kappa shape index (κ1) is 24.4. The van der Waals surface area contributed by atoms with Gasteiger partial charge in [-0.05, 0) is 81.8 Å². The minimum atomic E-state index is 0.127. The van der Waals surface area contributed by atoms with Crippen LogP contribution < -0.4 is 9.80 Å². The molecule has 6 heteroatoms. The monoisotopic (exact) mass is 485 g/mol. The van der Waals surface area contributed by atoms with Crippen molar-refractivity contribution in [2.75, 3.05) is 49.1 Å². The summed E-state index contributed by atoms with van der Waals surface area (Å²) in [5.41, 5.74) is 7.78. The van der Waals surface area contributed by atoms with Crippen LogP contribution in [0.1, 0.15) is 52.6 Å². The van der Waals surface area contributed by atoms with Crippen molar-refractivity contribution >= 4 is 17.4 Å². The quantitative estimate of drug-likeness (QED) is 0.503. The Morgan fingerprint density at radius 3 is 2.28 bits per heavy atom. The van der Waals surface area contributed by atoms with E-state index in [2.05, 4.69) is 72.4 Å². The Bertz CT molecular complexity index is 1230. The van der Waals surface area contributed by atoms with Crippen LogP contribution in [0.5, 0.6) is 0 Å². The molecule has 2 fully saturated rings. The first-order valence-electron chi connectivity index (χ1n) is 13.3. The molecule has 36 heavy (non-hydrogen) atoms. The highest BCUT2D eigenvalue weighted by Crippen LogP contribution is 2.27. The van der Waals surface area contributed by atoms with E-state index < -0.39 is 0 Å². The zero-order chi connectivity index (χ0) is 25.4. The minimum Gasteiger partial charge on any atom is -0.368 e. The van der Waals surface area contributed by atoms with Gasteiger partial charge in [0, 0.05) is 56.3 Å². The first-order valence-corrected chi connectivity index (χ1v) is 13.3. The van der Waals surface area contributed by atoms with Crippen molar-refractivity contribution in [3.8, 4) is 5.69 Å². The SMILES string of the molecule is Cc1cccc(N2CCN(C(=O)c3cc(C)n(-c4ccc(N5CCC(C)CC5)nc4)c3C)CC2)c1C. The fourth-order valence-electron chi connectivity index (χ4n) is 5.71. The van der Waals surface area contributed by atoms with Crippen molar-refractivity contribution in [2.24, 2.45) is 5.92 Å². The van der Waals surface area contributed by atoms with Crippen LogP contribution in [0.4, 0.5) is 11.5 Å². The third kappa shape index (κ3) is 4.61. The Hall–Kier alpha value is -3.28. The summed E-state index contributed by atoms with van der Waals surface area (Å²) in [7, 11) is 0. The van der Waals surface area contributed by atoms with E-state index in [1.807, 2.05) is 24.1 Å². The van der Waals surface area contributed by atoms with Crippen LogP contribution in [-0.4, -0.2) is 59.6 Å². The fourth-order valence-corrected chi connectivity index (χ4v) is 5.71. The van der Waals surface area contributed by atoms with Crippen LogP contribution in [0.2, 0.25) is 0 Å². The lowest BCUT2D eigenvalue weighted by molar-refractivity contribution is 0.0746. The molecular formula is C30H39N5O. The van der Waals surface area contributed by atoms with Gasteiger partial charge in [-0.3, -0.25) is 4.79 Å². The van der Waals surface area contributed by atoms with Gasteiger partial charge in [-0.1, -0.05) is 19.1 Å². The van der Waals surface area contributed by atoms with Gasteiger partial charge in [-0.25, -0.2) is 4.98 Å². The Kier molecular flexibility index (Phi) is 6.78. The molecule has 190 valence electrons. The van der Waals surface area contributed by atoms with Crippen LogP contribution in [0.3, 0.4) is 0 Å². The number of pyridine rings is 1. The zero-order valence-corrected chi connectivity index (χ0v) is 22.4. The number of carbonyl (C=O) groups is 1. The molecule has 4 heterocycles. The van der Waals surface area contributed by atoms with Crippen LogP contribution in [0, 0.1) is 33.6 Å². The van der Waals surface area contributed by atoms with Crippen molar-refractivity contribution in [2.45, 2.75) is 47.5 Å². The highest BCUT2D eigenvalue weighted by atomic mass is 16.2. The van der Waals surface area contributed by atoms with Crippen molar-refractivity contribution < 1.29 is 4.79 Å². The molecule has 0 saturated carbocycles. The average Bonchev–Trinajstić information content (AvgIpc) is 3.19. The average molecular weight is 486 g/mol. The molecule has 0 aliphatic carbocycles. The summed E-state index contributed by atoms with van der Waals surface area (Å²) in [6.07, 6.45) is 4.40. The molecule has 1 aromatic carbocycles. The lowest BCUT2D eigenvalue weighted by Crippen LogP contribution is -2.49. The fraction of sp³-hybridized carbons (Fsp3) is 0.467. The number of carbonyl (C=O) groups excluding carboxylic acids is 1. The summed E-state index contributed by atoms with van der Waals surface area (Å²) in [6, 6.07) is 12.8. The van der Waals surface area contributed by atoms with E-state index in [1.165, 1.54) is 29.7 Å². The third-order valence-corrected chi connectivity index (χ3v) is 8.24. The summed E-state index contributed by atoms with van der Waals surface area (Å²) >= 11 is 0. The summed E-state index contributed by atoms with van der Waals surface area (Å²) in [5, 5.41) is 0. The van der Waals surface area contributed by atoms with Gasteiger partial charge in [-0.15, -0.1) is 0 Å². The summed E-state index contributed by atoms with van der Waals surface area (Å²) in [4.78, 5) is 25.1. The van der Waals surface area contributed by atoms with Crippen molar-refractivity contribution in [3.63, 3.8) is 0 Å². The second kappa shape index (κ2) is 10.00. The van der Waals surface area contributed by atoms with Crippen molar-refractivity contribution in [1.82, 2.24) is 14.5 Å². The molecule has 0 radical (unpaired) electrons. The van der Waals surface area contributed by atoms with Gasteiger partial charge in [0.05, 0.1) is 17.4 Å². The van der Waals surface area contributed by atoms with Crippen molar-refractivity contribution in [3.05, 3.63) is 70.7 Å². The molecule has 2 aliphatic heterocycles. The maximum absolute atomic E-state index is 13.5. The van der Waals surface area contributed by atoms with Crippen LogP contribution in [0.25, 0.3) is 5.69 Å². The maximum Gasteiger partial charge on any atom is 0.255 e. The molecule has 6 nitrogen and oxygen atoms in total. The molecule has 0 unspecified atom stereocenters. The number of benzene rings is 1. The molecule has 2 aromatic heterocycles. The lowest BCUT2D eigenvalue weighted by Gasteiger charge is -2.37. The smallest absolute Gasteiger partial charge is 0.255 e. The number of aromatic nitrogens is 2. The van der Waals surface area contributed by atoms with E-state index in [-0.39, 0.29) is 5.91 Å². The Morgan fingerprint density at radius 2 is 1.61 bits per heavy atom. The van der Waals surface area contributed by atoms with Crippen LogP contribution in [-0.2, 0) is 0 Å². The number of anilines is 2. The number of rotatable bonds is 4. The van der Waals surface area contributed by atoms with Gasteiger partial charge < -0.3 is 19.3 Å². The molecule has 1 amide bonds. The molecule has 3 aromatic rings. The van der Waals surface area contributed by atoms with E-state index in [1.54, 1.807) is 0 Å². The van der Waals surface area contributed by atoms with Gasteiger partial charge in [-0.2, -0.15) is 0 Å². The zero-order valence-electron chi connectivity index (χ0n) is 22.4. The molecule has 0 atom stereocenters. The Morgan fingerprint density at radius 1 is 0.889 bits per heavy atom. The standard InChI is InChI=1S/C30H39N5O/c1-21-11-13-33(14-12-21)29-10-9-26(20-31-29)35-23(3)19-27(25(35)5)30(36)34-17-15-32(16-18-34)28-8-6-7-22(2)24(28)4/h6-10,19-21H,11-18H2,1-5H3. The van der Waals surface area contributed by atoms with Gasteiger partial charge in [0.15, 0.2) is 0 Å². The number of hydrogen-bond donors (Lipinski definition) is 0. The predicted octanol–water partition coefficient (Wildman–Crippen LogP) is 5.30. The van der Waals surface area contributed by atoms with E-state index in [0.717, 1.165) is 73.6 Å². The van der Waals surface area contributed by atoms with E-state index >= 15 is 0 Å². The highest BCUT2D eigenvalue weighted by molar-refractivity contribution is 5.96. The molecule has 2 aliphatic rings. The van der Waals surface area contributed by atoms with E-state index in [4.69, 9.17) is 4.98 Å². The number of hydrogen-bond acceptors (Lipinski definition) is 4. The molecular weight excluding hydrogens is 446 g/mol. The third-order valence-electron chi connectivity index (χ3n) is 8.24. The number of piperazine rings is 1. The maximum atomic E-state index is 13.5. The first-order chi connectivity index (χ1) is 17.3. The molecule has 5 rings (SSSR count). The van der Waals surface area contributed by atoms with Crippen LogP contribution in [0.15, 0.2) is 42.6 Å². The normalized spacial score (nSPS) is 17.1. The number of aryl methyl sites for hydroxylation is 2. The molecule has 0 spiro atoms. The summed E-state index contributed by atoms with van der Waals surface area (Å²) in [5.74, 6) is 1.98. The minimum absolute atomic E-state index is 0.127. The van der Waals surface area contributed by atoms with Gasteiger partial charge in [0.1, 0.15) is 5.82 Å². The molecule has 0 bridgehead atoms. The van der Waals surface area contributed by atoms with Crippen molar-refractivity contribution in [1.29, 1.82) is 0 Å². The summed E-state index contributed by atoms with van der Waals surface area (Å²) in [6.45, 7) is 16.1. The topological polar surface area (TPSA) is 44.6 Å². The van der Waals surface area contributed by atoms with E-state index in [9.17, 15) is 4.79 Å². The highest BCUT2D eigenvalue weighted by Gasteiger charge is 2.26. The molecule has 0 N–H and O–H groups in total. The number of piperidine rings is 1. The van der Waals surface area contributed by atoms with Gasteiger partial charge in [0.2, 0.25) is 0 Å². The Labute approximate surface area is 215 Å². The Balaban J connectivity index is 1.29. The second-order valence-corrected chi connectivity index (χ2v) is 10.7. The number of nitrogens with zero attached hydrogens (tertiary/aromatic N) is 5. The number of amides is 1. The van der Waals surface area contributed by atoms with Crippen LogP contribution >= 0.6 is 0 Å². The summed E-state index contributed by atoms with van der Waals surface area (Å²) < 4.78 is 2.16. The predicted molar refractivity (Wildman–Crippen MR) is 148 cm³/mol. The van der Waals surface area contributed by atoms with Gasteiger partial charge in [0.25, 0.3) is 5.91 Å². The second-order valence-electron chi connectivity index (χ2n) is 10.7. The lowest BCUT2D eigenvalue weighted by atomic mass is 9.99. The van der Waals surface area contributed by atoms with Gasteiger partial charge >= 0.3 is 0 Å². The molecule has 2 saturated heterocycles. The van der Waals surface area contributed by atoms with E-state index in [0.29, 0.717) is 0 Å². The largest absolute Gasteiger partial charge is 0.368 e.